The molecule has 6 heteroatoms. The molecule has 1 saturated heterocycles. The highest BCUT2D eigenvalue weighted by Crippen LogP contribution is 2.27. The summed E-state index contributed by atoms with van der Waals surface area (Å²) in [6.45, 7) is 8.90. The molecule has 1 aliphatic heterocycles. The van der Waals surface area contributed by atoms with Gasteiger partial charge in [-0.05, 0) is 43.0 Å². The smallest absolute Gasteiger partial charge is 0.322 e. The predicted octanol–water partition coefficient (Wildman–Crippen LogP) is 2.36. The number of nitrogens with zero attached hydrogens (tertiary/aromatic N) is 2. The van der Waals surface area contributed by atoms with Crippen LogP contribution in [0.3, 0.4) is 0 Å². The van der Waals surface area contributed by atoms with Crippen LogP contribution in [0.1, 0.15) is 25.0 Å². The highest BCUT2D eigenvalue weighted by atomic mass is 16.2. The monoisotopic (exact) mass is 332 g/mol. The van der Waals surface area contributed by atoms with Crippen molar-refractivity contribution in [3.05, 3.63) is 23.3 Å². The van der Waals surface area contributed by atoms with Gasteiger partial charge in [-0.15, -0.1) is 0 Å². The number of urea groups is 1. The van der Waals surface area contributed by atoms with Gasteiger partial charge in [-0.1, -0.05) is 13.8 Å². The first-order valence-electron chi connectivity index (χ1n) is 8.36. The van der Waals surface area contributed by atoms with Crippen LogP contribution in [0.15, 0.2) is 12.1 Å². The average Bonchev–Trinajstić information content (AvgIpc) is 2.49. The summed E-state index contributed by atoms with van der Waals surface area (Å²) >= 11 is 0. The van der Waals surface area contributed by atoms with Crippen LogP contribution < -0.4 is 15.5 Å². The zero-order chi connectivity index (χ0) is 18.0. The zero-order valence-corrected chi connectivity index (χ0v) is 15.4. The highest BCUT2D eigenvalue weighted by molar-refractivity contribution is 5.96. The van der Waals surface area contributed by atoms with Gasteiger partial charge in [0.15, 0.2) is 0 Å². The maximum Gasteiger partial charge on any atom is 0.322 e. The summed E-state index contributed by atoms with van der Waals surface area (Å²) in [6.07, 6.45) is 0. The second-order valence-electron chi connectivity index (χ2n) is 6.95. The van der Waals surface area contributed by atoms with E-state index in [4.69, 9.17) is 0 Å². The molecule has 1 aromatic carbocycles. The third-order valence-corrected chi connectivity index (χ3v) is 4.41. The Morgan fingerprint density at radius 2 is 1.88 bits per heavy atom. The van der Waals surface area contributed by atoms with Crippen molar-refractivity contribution >= 4 is 23.3 Å². The van der Waals surface area contributed by atoms with Gasteiger partial charge in [-0.3, -0.25) is 4.79 Å². The number of hydrogen-bond acceptors (Lipinski definition) is 3. The maximum absolute atomic E-state index is 12.8. The summed E-state index contributed by atoms with van der Waals surface area (Å²) in [5, 5.41) is 5.85. The van der Waals surface area contributed by atoms with E-state index in [0.29, 0.717) is 13.1 Å². The quantitative estimate of drug-likeness (QED) is 0.893. The molecule has 24 heavy (non-hydrogen) atoms. The predicted molar refractivity (Wildman–Crippen MR) is 97.6 cm³/mol. The minimum absolute atomic E-state index is 0.0642. The second-order valence-corrected chi connectivity index (χ2v) is 6.95. The van der Waals surface area contributed by atoms with Crippen molar-refractivity contribution in [1.29, 1.82) is 0 Å². The SMILES string of the molecule is Cc1cc(N(C)C)cc(C)c1NC(=O)N1CCNC(=O)[C@H]1C(C)C. The molecule has 1 aromatic rings. The van der Waals surface area contributed by atoms with E-state index in [1.807, 2.05) is 58.8 Å². The number of piperazine rings is 1. The number of aryl methyl sites for hydroxylation is 2. The van der Waals surface area contributed by atoms with Crippen molar-refractivity contribution in [2.24, 2.45) is 5.92 Å². The molecule has 1 heterocycles. The molecule has 0 saturated carbocycles. The minimum Gasteiger partial charge on any atom is -0.378 e. The summed E-state index contributed by atoms with van der Waals surface area (Å²) in [4.78, 5) is 28.6. The Bertz CT molecular complexity index is 617. The van der Waals surface area contributed by atoms with Gasteiger partial charge in [0.25, 0.3) is 0 Å². The molecule has 0 bridgehead atoms. The van der Waals surface area contributed by atoms with Crippen molar-refractivity contribution < 1.29 is 9.59 Å². The molecule has 1 aliphatic rings. The number of carbonyl (C=O) groups is 2. The molecule has 0 aromatic heterocycles. The van der Waals surface area contributed by atoms with Crippen molar-refractivity contribution in [1.82, 2.24) is 10.2 Å². The van der Waals surface area contributed by atoms with E-state index in [0.717, 1.165) is 22.5 Å². The molecule has 3 amide bonds. The molecule has 2 N–H and O–H groups in total. The van der Waals surface area contributed by atoms with Crippen LogP contribution in [-0.4, -0.2) is 50.1 Å². The van der Waals surface area contributed by atoms with Crippen LogP contribution in [0.5, 0.6) is 0 Å². The van der Waals surface area contributed by atoms with Gasteiger partial charge in [-0.25, -0.2) is 4.79 Å². The molecule has 0 radical (unpaired) electrons. The molecule has 0 spiro atoms. The largest absolute Gasteiger partial charge is 0.378 e. The first-order valence-corrected chi connectivity index (χ1v) is 8.36. The zero-order valence-electron chi connectivity index (χ0n) is 15.4. The number of amides is 3. The topological polar surface area (TPSA) is 64.7 Å². The highest BCUT2D eigenvalue weighted by Gasteiger charge is 2.35. The van der Waals surface area contributed by atoms with E-state index in [1.165, 1.54) is 0 Å². The molecule has 132 valence electrons. The van der Waals surface area contributed by atoms with Crippen molar-refractivity contribution in [2.45, 2.75) is 33.7 Å². The van der Waals surface area contributed by atoms with Gasteiger partial charge in [0.2, 0.25) is 5.91 Å². The third-order valence-electron chi connectivity index (χ3n) is 4.41. The Hall–Kier alpha value is -2.24. The van der Waals surface area contributed by atoms with E-state index in [2.05, 4.69) is 10.6 Å². The number of carbonyl (C=O) groups excluding carboxylic acids is 2. The number of benzene rings is 1. The molecular formula is C18H28N4O2. The van der Waals surface area contributed by atoms with Gasteiger partial charge < -0.3 is 20.4 Å². The Kier molecular flexibility index (Phi) is 5.36. The first-order chi connectivity index (χ1) is 11.2. The minimum atomic E-state index is -0.430. The van der Waals surface area contributed by atoms with Crippen LogP contribution in [0, 0.1) is 19.8 Å². The lowest BCUT2D eigenvalue weighted by molar-refractivity contribution is -0.129. The van der Waals surface area contributed by atoms with Crippen LogP contribution in [-0.2, 0) is 4.79 Å². The van der Waals surface area contributed by atoms with Crippen molar-refractivity contribution in [3.8, 4) is 0 Å². The van der Waals surface area contributed by atoms with E-state index in [9.17, 15) is 9.59 Å². The van der Waals surface area contributed by atoms with E-state index in [1.54, 1.807) is 4.90 Å². The third kappa shape index (κ3) is 3.63. The summed E-state index contributed by atoms with van der Waals surface area (Å²) < 4.78 is 0. The Morgan fingerprint density at radius 1 is 1.29 bits per heavy atom. The lowest BCUT2D eigenvalue weighted by atomic mass is 10.00. The molecule has 1 atom stereocenters. The summed E-state index contributed by atoms with van der Waals surface area (Å²) in [5.41, 5.74) is 3.93. The Labute approximate surface area is 144 Å². The molecule has 0 aliphatic carbocycles. The molecule has 0 unspecified atom stereocenters. The van der Waals surface area contributed by atoms with Crippen LogP contribution >= 0.6 is 0 Å². The fourth-order valence-electron chi connectivity index (χ4n) is 3.15. The van der Waals surface area contributed by atoms with E-state index < -0.39 is 6.04 Å². The van der Waals surface area contributed by atoms with Crippen LogP contribution in [0.4, 0.5) is 16.2 Å². The fourth-order valence-corrected chi connectivity index (χ4v) is 3.15. The number of rotatable bonds is 3. The molecule has 6 nitrogen and oxygen atoms in total. The normalized spacial score (nSPS) is 17.7. The molecular weight excluding hydrogens is 304 g/mol. The first kappa shape index (κ1) is 18.1. The van der Waals surface area contributed by atoms with Gasteiger partial charge >= 0.3 is 6.03 Å². The number of anilines is 2. The lowest BCUT2D eigenvalue weighted by Crippen LogP contribution is -2.60. The Balaban J connectivity index is 2.24. The average molecular weight is 332 g/mol. The van der Waals surface area contributed by atoms with Gasteiger partial charge in [0.1, 0.15) is 6.04 Å². The van der Waals surface area contributed by atoms with Crippen LogP contribution in [0.2, 0.25) is 0 Å². The van der Waals surface area contributed by atoms with Gasteiger partial charge in [-0.2, -0.15) is 0 Å². The summed E-state index contributed by atoms with van der Waals surface area (Å²) in [7, 11) is 3.98. The maximum atomic E-state index is 12.8. The van der Waals surface area contributed by atoms with Gasteiger partial charge in [0.05, 0.1) is 0 Å². The summed E-state index contributed by atoms with van der Waals surface area (Å²) in [6, 6.07) is 3.45. The molecule has 2 rings (SSSR count). The van der Waals surface area contributed by atoms with Crippen molar-refractivity contribution in [2.75, 3.05) is 37.4 Å². The second kappa shape index (κ2) is 7.11. The Morgan fingerprint density at radius 3 is 2.38 bits per heavy atom. The lowest BCUT2D eigenvalue weighted by Gasteiger charge is -2.37. The number of nitrogens with one attached hydrogen (secondary N) is 2. The van der Waals surface area contributed by atoms with Crippen LogP contribution in [0.25, 0.3) is 0 Å². The summed E-state index contributed by atoms with van der Waals surface area (Å²) in [5.74, 6) is -0.0165. The number of hydrogen-bond donors (Lipinski definition) is 2. The molecule has 1 fully saturated rings. The van der Waals surface area contributed by atoms with E-state index in [-0.39, 0.29) is 17.9 Å². The fraction of sp³-hybridized carbons (Fsp3) is 0.556. The van der Waals surface area contributed by atoms with Gasteiger partial charge in [0, 0.05) is 38.6 Å². The van der Waals surface area contributed by atoms with E-state index >= 15 is 0 Å². The van der Waals surface area contributed by atoms with Crippen molar-refractivity contribution in [3.63, 3.8) is 0 Å². The standard InChI is InChI=1S/C18H28N4O2/c1-11(2)16-17(23)19-7-8-22(16)18(24)20-15-12(3)9-14(21(5)6)10-13(15)4/h9-11,16H,7-8H2,1-6H3,(H,19,23)(H,20,24)/t16-/m1/s1.